The van der Waals surface area contributed by atoms with Crippen molar-refractivity contribution in [1.82, 2.24) is 13.7 Å². The van der Waals surface area contributed by atoms with Crippen LogP contribution in [-0.4, -0.2) is 28.6 Å². The van der Waals surface area contributed by atoms with Gasteiger partial charge >= 0.3 is 0 Å². The van der Waals surface area contributed by atoms with Crippen molar-refractivity contribution in [2.24, 2.45) is 14.1 Å². The van der Waals surface area contributed by atoms with Gasteiger partial charge in [-0.15, -0.1) is 11.3 Å². The molecule has 6 nitrogen and oxygen atoms in total. The fourth-order valence-electron chi connectivity index (χ4n) is 2.72. The summed E-state index contributed by atoms with van der Waals surface area (Å²) in [7, 11) is 0.0297. The number of nitrogens with zero attached hydrogens (tertiary/aromatic N) is 3. The van der Waals surface area contributed by atoms with E-state index in [2.05, 4.69) is 0 Å². The molecule has 0 saturated heterocycles. The second-order valence-electron chi connectivity index (χ2n) is 5.15. The number of aromatic nitrogens is 2. The van der Waals surface area contributed by atoms with Crippen LogP contribution in [0.4, 0.5) is 0 Å². The Morgan fingerprint density at radius 1 is 1.24 bits per heavy atom. The van der Waals surface area contributed by atoms with E-state index in [4.69, 9.17) is 0 Å². The third-order valence-electron chi connectivity index (χ3n) is 3.99. The van der Waals surface area contributed by atoms with Crippen LogP contribution in [-0.2, 0) is 37.1 Å². The molecule has 0 amide bonds. The lowest BCUT2D eigenvalue weighted by Crippen LogP contribution is -2.32. The lowest BCUT2D eigenvalue weighted by atomic mass is 10.2. The Balaban J connectivity index is 2.04. The van der Waals surface area contributed by atoms with Crippen molar-refractivity contribution in [3.63, 3.8) is 0 Å². The minimum atomic E-state index is -3.51. The number of hydrogen-bond acceptors (Lipinski definition) is 4. The highest BCUT2D eigenvalue weighted by Crippen LogP contribution is 2.25. The van der Waals surface area contributed by atoms with E-state index >= 15 is 0 Å². The molecule has 0 radical (unpaired) electrons. The Kier molecular flexibility index (Phi) is 3.54. The highest BCUT2D eigenvalue weighted by Gasteiger charge is 2.30. The van der Waals surface area contributed by atoms with Crippen molar-refractivity contribution in [3.05, 3.63) is 39.1 Å². The predicted molar refractivity (Wildman–Crippen MR) is 80.9 cm³/mol. The summed E-state index contributed by atoms with van der Waals surface area (Å²) >= 11 is 1.21. The number of thiophene rings is 1. The van der Waals surface area contributed by atoms with Crippen LogP contribution < -0.4 is 5.56 Å². The minimum Gasteiger partial charge on any atom is -0.290 e. The molecule has 114 valence electrons. The monoisotopic (exact) mass is 327 g/mol. The third-order valence-corrected chi connectivity index (χ3v) is 7.20. The summed E-state index contributed by atoms with van der Waals surface area (Å²) in [6.07, 6.45) is 1.44. The van der Waals surface area contributed by atoms with Gasteiger partial charge in [0.15, 0.2) is 0 Å². The SMILES string of the molecule is Cn1c2c(c(=O)n1C)CN(S(=O)(=O)c1cccs1)CCC2. The van der Waals surface area contributed by atoms with Crippen LogP contribution in [0.25, 0.3) is 0 Å². The van der Waals surface area contributed by atoms with Gasteiger partial charge < -0.3 is 0 Å². The molecule has 2 aromatic rings. The fraction of sp³-hybridized carbons (Fsp3) is 0.462. The van der Waals surface area contributed by atoms with E-state index in [1.807, 2.05) is 11.7 Å². The molecule has 0 unspecified atom stereocenters. The van der Waals surface area contributed by atoms with Crippen LogP contribution >= 0.6 is 11.3 Å². The van der Waals surface area contributed by atoms with Crippen molar-refractivity contribution in [2.45, 2.75) is 23.6 Å². The molecular formula is C13H17N3O3S2. The van der Waals surface area contributed by atoms with Gasteiger partial charge in [-0.3, -0.25) is 14.2 Å². The summed E-state index contributed by atoms with van der Waals surface area (Å²) in [6, 6.07) is 3.33. The molecule has 21 heavy (non-hydrogen) atoms. The lowest BCUT2D eigenvalue weighted by Gasteiger charge is -2.18. The number of hydrogen-bond donors (Lipinski definition) is 0. The molecule has 0 atom stereocenters. The molecule has 2 aromatic heterocycles. The number of sulfonamides is 1. The molecule has 0 spiro atoms. The molecule has 0 bridgehead atoms. The maximum absolute atomic E-state index is 12.6. The smallest absolute Gasteiger partial charge is 0.271 e. The van der Waals surface area contributed by atoms with Crippen molar-refractivity contribution >= 4 is 21.4 Å². The molecule has 0 N–H and O–H groups in total. The van der Waals surface area contributed by atoms with Crippen LogP contribution in [0.5, 0.6) is 0 Å². The number of rotatable bonds is 2. The summed E-state index contributed by atoms with van der Waals surface area (Å²) in [5.41, 5.74) is 1.42. The summed E-state index contributed by atoms with van der Waals surface area (Å²) in [5.74, 6) is 0. The van der Waals surface area contributed by atoms with E-state index in [-0.39, 0.29) is 12.1 Å². The first kappa shape index (κ1) is 14.6. The molecule has 0 aromatic carbocycles. The Hall–Kier alpha value is -1.38. The zero-order valence-electron chi connectivity index (χ0n) is 11.9. The standard InChI is InChI=1S/C13H17N3O3S2/c1-14-11-5-3-7-16(9-10(11)13(17)15(14)2)21(18,19)12-6-4-8-20-12/h4,6,8H,3,5,7,9H2,1-2H3. The summed E-state index contributed by atoms with van der Waals surface area (Å²) in [4.78, 5) is 12.3. The average Bonchev–Trinajstić information content (AvgIpc) is 2.98. The Morgan fingerprint density at radius 3 is 2.67 bits per heavy atom. The van der Waals surface area contributed by atoms with Crippen molar-refractivity contribution < 1.29 is 8.42 Å². The molecule has 8 heteroatoms. The summed E-state index contributed by atoms with van der Waals surface area (Å²) < 4.78 is 30.4. The van der Waals surface area contributed by atoms with E-state index in [1.165, 1.54) is 20.3 Å². The van der Waals surface area contributed by atoms with Crippen molar-refractivity contribution in [2.75, 3.05) is 6.54 Å². The van der Waals surface area contributed by atoms with Gasteiger partial charge in [0.05, 0.1) is 5.56 Å². The van der Waals surface area contributed by atoms with Crippen molar-refractivity contribution in [3.8, 4) is 0 Å². The molecule has 1 aliphatic heterocycles. The van der Waals surface area contributed by atoms with Crippen LogP contribution in [0.1, 0.15) is 17.7 Å². The quantitative estimate of drug-likeness (QED) is 0.824. The Bertz CT molecular complexity index is 816. The maximum Gasteiger partial charge on any atom is 0.271 e. The highest BCUT2D eigenvalue weighted by molar-refractivity contribution is 7.91. The van der Waals surface area contributed by atoms with Crippen LogP contribution in [0.3, 0.4) is 0 Å². The van der Waals surface area contributed by atoms with Gasteiger partial charge in [-0.25, -0.2) is 8.42 Å². The lowest BCUT2D eigenvalue weighted by molar-refractivity contribution is 0.408. The molecule has 1 aliphatic rings. The minimum absolute atomic E-state index is 0.110. The van der Waals surface area contributed by atoms with E-state index in [0.717, 1.165) is 18.5 Å². The van der Waals surface area contributed by atoms with Gasteiger partial charge in [-0.1, -0.05) is 6.07 Å². The first-order valence-electron chi connectivity index (χ1n) is 6.70. The van der Waals surface area contributed by atoms with E-state index in [1.54, 1.807) is 24.6 Å². The number of fused-ring (bicyclic) bond motifs is 1. The Labute approximate surface area is 127 Å². The van der Waals surface area contributed by atoms with E-state index in [0.29, 0.717) is 16.3 Å². The molecule has 3 rings (SSSR count). The Morgan fingerprint density at radius 2 is 2.00 bits per heavy atom. The highest BCUT2D eigenvalue weighted by atomic mass is 32.2. The fourth-order valence-corrected chi connectivity index (χ4v) is 5.32. The van der Waals surface area contributed by atoms with Gasteiger partial charge in [0.25, 0.3) is 15.6 Å². The molecule has 0 aliphatic carbocycles. The molecule has 0 fully saturated rings. The van der Waals surface area contributed by atoms with E-state index < -0.39 is 10.0 Å². The summed E-state index contributed by atoms with van der Waals surface area (Å²) in [5, 5.41) is 1.75. The van der Waals surface area contributed by atoms with Gasteiger partial charge in [0, 0.05) is 32.9 Å². The zero-order valence-corrected chi connectivity index (χ0v) is 13.6. The second-order valence-corrected chi connectivity index (χ2v) is 8.26. The van der Waals surface area contributed by atoms with Gasteiger partial charge in [0.1, 0.15) is 4.21 Å². The normalized spacial score (nSPS) is 16.7. The zero-order chi connectivity index (χ0) is 15.2. The third kappa shape index (κ3) is 2.27. The van der Waals surface area contributed by atoms with Gasteiger partial charge in [-0.2, -0.15) is 4.31 Å². The van der Waals surface area contributed by atoms with Crippen molar-refractivity contribution in [1.29, 1.82) is 0 Å². The molecule has 3 heterocycles. The molecular weight excluding hydrogens is 310 g/mol. The molecule has 0 saturated carbocycles. The predicted octanol–water partition coefficient (Wildman–Crippen LogP) is 0.922. The average molecular weight is 327 g/mol. The van der Waals surface area contributed by atoms with Gasteiger partial charge in [-0.05, 0) is 24.3 Å². The first-order chi connectivity index (χ1) is 9.93. The van der Waals surface area contributed by atoms with Gasteiger partial charge in [0.2, 0.25) is 0 Å². The first-order valence-corrected chi connectivity index (χ1v) is 9.02. The second kappa shape index (κ2) is 5.11. The van der Waals surface area contributed by atoms with Crippen LogP contribution in [0, 0.1) is 0 Å². The topological polar surface area (TPSA) is 64.3 Å². The summed E-state index contributed by atoms with van der Waals surface area (Å²) in [6.45, 7) is 0.598. The van der Waals surface area contributed by atoms with E-state index in [9.17, 15) is 13.2 Å². The largest absolute Gasteiger partial charge is 0.290 e. The van der Waals surface area contributed by atoms with Crippen LogP contribution in [0.15, 0.2) is 26.5 Å². The van der Waals surface area contributed by atoms with Crippen LogP contribution in [0.2, 0.25) is 0 Å². The maximum atomic E-state index is 12.6.